The molecule has 1 N–H and O–H groups in total. The Labute approximate surface area is 126 Å². The quantitative estimate of drug-likeness (QED) is 0.755. The maximum atomic E-state index is 3.65. The van der Waals surface area contributed by atoms with E-state index in [-0.39, 0.29) is 0 Å². The van der Waals surface area contributed by atoms with Crippen LogP contribution in [0.25, 0.3) is 0 Å². The van der Waals surface area contributed by atoms with Gasteiger partial charge in [-0.25, -0.2) is 0 Å². The van der Waals surface area contributed by atoms with E-state index in [9.17, 15) is 0 Å². The minimum absolute atomic E-state index is 0.668. The van der Waals surface area contributed by atoms with E-state index < -0.39 is 0 Å². The Morgan fingerprint density at radius 3 is 2.70 bits per heavy atom. The minimum atomic E-state index is 0.668. The molecule has 0 spiro atoms. The summed E-state index contributed by atoms with van der Waals surface area (Å²) in [7, 11) is 0. The lowest BCUT2D eigenvalue weighted by atomic mass is 9.96. The molecule has 3 nitrogen and oxygen atoms in total. The fraction of sp³-hybridized carbons (Fsp3) is 1.00. The van der Waals surface area contributed by atoms with Crippen LogP contribution in [0, 0.1) is 5.92 Å². The molecule has 0 saturated carbocycles. The van der Waals surface area contributed by atoms with Crippen LogP contribution in [0.15, 0.2) is 0 Å². The topological polar surface area (TPSA) is 18.5 Å². The monoisotopic (exact) mass is 281 g/mol. The number of piperazine rings is 1. The summed E-state index contributed by atoms with van der Waals surface area (Å²) in [5.41, 5.74) is 0. The maximum Gasteiger partial charge on any atom is 0.0224 e. The lowest BCUT2D eigenvalue weighted by Gasteiger charge is -2.49. The lowest BCUT2D eigenvalue weighted by molar-refractivity contribution is -0.00372. The predicted octanol–water partition coefficient (Wildman–Crippen LogP) is 2.57. The van der Waals surface area contributed by atoms with E-state index in [2.05, 4.69) is 42.8 Å². The molecule has 0 radical (unpaired) electrons. The van der Waals surface area contributed by atoms with E-state index in [0.717, 1.165) is 18.5 Å². The zero-order chi connectivity index (χ0) is 14.5. The first-order chi connectivity index (χ1) is 9.58. The molecule has 20 heavy (non-hydrogen) atoms. The van der Waals surface area contributed by atoms with Crippen molar-refractivity contribution in [3.8, 4) is 0 Å². The van der Waals surface area contributed by atoms with E-state index in [1.807, 2.05) is 0 Å². The highest BCUT2D eigenvalue weighted by Gasteiger charge is 2.34. The van der Waals surface area contributed by atoms with Gasteiger partial charge in [0.15, 0.2) is 0 Å². The first-order valence-electron chi connectivity index (χ1n) is 8.78. The number of nitrogens with one attached hydrogen (secondary N) is 1. The van der Waals surface area contributed by atoms with Crippen LogP contribution in [-0.2, 0) is 0 Å². The van der Waals surface area contributed by atoms with Gasteiger partial charge in [0.1, 0.15) is 0 Å². The van der Waals surface area contributed by atoms with Gasteiger partial charge in [0.05, 0.1) is 0 Å². The van der Waals surface area contributed by atoms with Gasteiger partial charge < -0.3 is 5.32 Å². The molecule has 2 heterocycles. The van der Waals surface area contributed by atoms with Crippen molar-refractivity contribution in [2.24, 2.45) is 5.92 Å². The number of piperidine rings is 1. The molecule has 0 bridgehead atoms. The average molecular weight is 281 g/mol. The summed E-state index contributed by atoms with van der Waals surface area (Å²) in [4.78, 5) is 5.48. The number of hydrogen-bond acceptors (Lipinski definition) is 3. The van der Waals surface area contributed by atoms with Gasteiger partial charge >= 0.3 is 0 Å². The third-order valence-electron chi connectivity index (χ3n) is 5.14. The Hall–Kier alpha value is -0.120. The molecule has 2 aliphatic rings. The molecule has 2 fully saturated rings. The SMILES string of the molecule is CC(C)CCNCC(C)N1CC2CCCCN2CC1C. The molecule has 2 aliphatic heterocycles. The molecule has 0 aromatic carbocycles. The second kappa shape index (κ2) is 7.77. The van der Waals surface area contributed by atoms with E-state index in [1.165, 1.54) is 51.9 Å². The Morgan fingerprint density at radius 1 is 1.15 bits per heavy atom. The summed E-state index contributed by atoms with van der Waals surface area (Å²) in [6, 6.07) is 2.21. The van der Waals surface area contributed by atoms with Crippen molar-refractivity contribution in [3.05, 3.63) is 0 Å². The average Bonchev–Trinajstić information content (AvgIpc) is 2.42. The Bertz CT molecular complexity index is 279. The minimum Gasteiger partial charge on any atom is -0.315 e. The van der Waals surface area contributed by atoms with Gasteiger partial charge in [-0.05, 0) is 52.1 Å². The largest absolute Gasteiger partial charge is 0.315 e. The summed E-state index contributed by atoms with van der Waals surface area (Å²) in [5.74, 6) is 0.808. The zero-order valence-corrected chi connectivity index (χ0v) is 14.1. The Balaban J connectivity index is 1.75. The Kier molecular flexibility index (Phi) is 6.31. The highest BCUT2D eigenvalue weighted by Crippen LogP contribution is 2.25. The molecule has 3 atom stereocenters. The molecular formula is C17H35N3. The molecule has 3 unspecified atom stereocenters. The second-order valence-corrected chi connectivity index (χ2v) is 7.43. The van der Waals surface area contributed by atoms with Crippen LogP contribution >= 0.6 is 0 Å². The van der Waals surface area contributed by atoms with Crippen LogP contribution < -0.4 is 5.32 Å². The summed E-state index contributed by atoms with van der Waals surface area (Å²) in [5, 5.41) is 3.65. The first-order valence-corrected chi connectivity index (χ1v) is 8.78. The third kappa shape index (κ3) is 4.44. The number of fused-ring (bicyclic) bond motifs is 1. The van der Waals surface area contributed by atoms with E-state index in [1.54, 1.807) is 0 Å². The molecule has 2 rings (SSSR count). The Morgan fingerprint density at radius 2 is 1.95 bits per heavy atom. The highest BCUT2D eigenvalue weighted by molar-refractivity contribution is 4.91. The van der Waals surface area contributed by atoms with Gasteiger partial charge in [0.25, 0.3) is 0 Å². The predicted molar refractivity (Wildman–Crippen MR) is 87.2 cm³/mol. The van der Waals surface area contributed by atoms with Crippen LogP contribution in [0.2, 0.25) is 0 Å². The number of hydrogen-bond donors (Lipinski definition) is 1. The van der Waals surface area contributed by atoms with Crippen molar-refractivity contribution in [2.75, 3.05) is 32.7 Å². The van der Waals surface area contributed by atoms with Crippen molar-refractivity contribution in [1.29, 1.82) is 0 Å². The van der Waals surface area contributed by atoms with Crippen LogP contribution in [0.5, 0.6) is 0 Å². The van der Waals surface area contributed by atoms with Crippen LogP contribution in [0.3, 0.4) is 0 Å². The van der Waals surface area contributed by atoms with E-state index in [0.29, 0.717) is 12.1 Å². The highest BCUT2D eigenvalue weighted by atomic mass is 15.3. The van der Waals surface area contributed by atoms with Crippen LogP contribution in [-0.4, -0.2) is 60.6 Å². The second-order valence-electron chi connectivity index (χ2n) is 7.43. The van der Waals surface area contributed by atoms with Crippen molar-refractivity contribution >= 4 is 0 Å². The molecule has 2 saturated heterocycles. The fourth-order valence-corrected chi connectivity index (χ4v) is 3.81. The van der Waals surface area contributed by atoms with Crippen molar-refractivity contribution in [2.45, 2.75) is 71.5 Å². The van der Waals surface area contributed by atoms with E-state index >= 15 is 0 Å². The molecule has 0 amide bonds. The normalized spacial score (nSPS) is 30.4. The molecule has 3 heteroatoms. The molecule has 0 aromatic rings. The van der Waals surface area contributed by atoms with E-state index in [4.69, 9.17) is 0 Å². The third-order valence-corrected chi connectivity index (χ3v) is 5.14. The van der Waals surface area contributed by atoms with Crippen molar-refractivity contribution < 1.29 is 0 Å². The summed E-state index contributed by atoms with van der Waals surface area (Å²) in [6.07, 6.45) is 5.55. The molecule has 0 aliphatic carbocycles. The molecule has 118 valence electrons. The smallest absolute Gasteiger partial charge is 0.0224 e. The summed E-state index contributed by atoms with van der Waals surface area (Å²) in [6.45, 7) is 15.6. The van der Waals surface area contributed by atoms with Crippen LogP contribution in [0.1, 0.15) is 53.4 Å². The molecular weight excluding hydrogens is 246 g/mol. The number of rotatable bonds is 6. The van der Waals surface area contributed by atoms with Gasteiger partial charge in [-0.15, -0.1) is 0 Å². The van der Waals surface area contributed by atoms with Gasteiger partial charge in [0.2, 0.25) is 0 Å². The maximum absolute atomic E-state index is 3.65. The van der Waals surface area contributed by atoms with Crippen molar-refractivity contribution in [3.63, 3.8) is 0 Å². The van der Waals surface area contributed by atoms with Gasteiger partial charge in [0, 0.05) is 37.8 Å². The van der Waals surface area contributed by atoms with Gasteiger partial charge in [-0.3, -0.25) is 9.80 Å². The van der Waals surface area contributed by atoms with Crippen molar-refractivity contribution in [1.82, 2.24) is 15.1 Å². The first kappa shape index (κ1) is 16.3. The summed E-state index contributed by atoms with van der Waals surface area (Å²) < 4.78 is 0. The lowest BCUT2D eigenvalue weighted by Crippen LogP contribution is -2.61. The van der Waals surface area contributed by atoms with Gasteiger partial charge in [-0.2, -0.15) is 0 Å². The fourth-order valence-electron chi connectivity index (χ4n) is 3.81. The number of nitrogens with zero attached hydrogens (tertiary/aromatic N) is 2. The van der Waals surface area contributed by atoms with Crippen LogP contribution in [0.4, 0.5) is 0 Å². The molecule has 0 aromatic heterocycles. The van der Waals surface area contributed by atoms with Gasteiger partial charge in [-0.1, -0.05) is 20.3 Å². The summed E-state index contributed by atoms with van der Waals surface area (Å²) >= 11 is 0. The standard InChI is InChI=1S/C17H35N3/c1-14(2)8-9-18-11-15(3)20-13-17-7-5-6-10-19(17)12-16(20)4/h14-18H,5-13H2,1-4H3. The zero-order valence-electron chi connectivity index (χ0n) is 14.1.